The summed E-state index contributed by atoms with van der Waals surface area (Å²) < 4.78 is 10.8. The SMILES string of the molecule is COc1cc(C)c(CN[C@@H]2CCN3CCCC[C@H]23)cc1OC. The van der Waals surface area contributed by atoms with Crippen LogP contribution in [0.1, 0.15) is 36.8 Å². The zero-order chi connectivity index (χ0) is 15.5. The Kier molecular flexibility index (Phi) is 4.89. The number of rotatable bonds is 5. The average molecular weight is 304 g/mol. The molecule has 0 spiro atoms. The Balaban J connectivity index is 1.66. The summed E-state index contributed by atoms with van der Waals surface area (Å²) in [5, 5.41) is 3.79. The van der Waals surface area contributed by atoms with Crippen LogP contribution >= 0.6 is 0 Å². The molecule has 2 heterocycles. The second kappa shape index (κ2) is 6.88. The van der Waals surface area contributed by atoms with Gasteiger partial charge in [-0.1, -0.05) is 6.42 Å². The third-order valence-electron chi connectivity index (χ3n) is 5.25. The van der Waals surface area contributed by atoms with Crippen LogP contribution < -0.4 is 14.8 Å². The Labute approximate surface area is 133 Å². The second-order valence-corrected chi connectivity index (χ2v) is 6.51. The molecule has 0 radical (unpaired) electrons. The summed E-state index contributed by atoms with van der Waals surface area (Å²) in [5.41, 5.74) is 2.55. The molecule has 0 bridgehead atoms. The van der Waals surface area contributed by atoms with Crippen LogP contribution in [0.15, 0.2) is 12.1 Å². The van der Waals surface area contributed by atoms with Crippen LogP contribution in [0.4, 0.5) is 0 Å². The van der Waals surface area contributed by atoms with Crippen molar-refractivity contribution in [2.45, 2.75) is 51.2 Å². The molecule has 0 aliphatic carbocycles. The Morgan fingerprint density at radius 3 is 2.64 bits per heavy atom. The number of aryl methyl sites for hydroxylation is 1. The molecule has 2 fully saturated rings. The average Bonchev–Trinajstić information content (AvgIpc) is 2.96. The first-order chi connectivity index (χ1) is 10.7. The molecule has 0 saturated carbocycles. The highest BCUT2D eigenvalue weighted by Gasteiger charge is 2.34. The van der Waals surface area contributed by atoms with Crippen molar-refractivity contribution in [3.8, 4) is 11.5 Å². The molecule has 122 valence electrons. The molecule has 1 aromatic carbocycles. The van der Waals surface area contributed by atoms with E-state index in [-0.39, 0.29) is 0 Å². The van der Waals surface area contributed by atoms with E-state index in [1.165, 1.54) is 49.9 Å². The van der Waals surface area contributed by atoms with Crippen LogP contribution in [-0.4, -0.2) is 44.3 Å². The van der Waals surface area contributed by atoms with Gasteiger partial charge in [-0.2, -0.15) is 0 Å². The normalized spacial score (nSPS) is 25.0. The zero-order valence-corrected chi connectivity index (χ0v) is 14.0. The molecule has 2 atom stereocenters. The predicted molar refractivity (Wildman–Crippen MR) is 88.7 cm³/mol. The number of hydrogen-bond acceptors (Lipinski definition) is 4. The van der Waals surface area contributed by atoms with Crippen molar-refractivity contribution in [1.82, 2.24) is 10.2 Å². The standard InChI is InChI=1S/C18H28N2O2/c1-13-10-17(21-2)18(22-3)11-14(13)12-19-15-7-9-20-8-5-4-6-16(15)20/h10-11,15-16,19H,4-9,12H2,1-3H3/t15-,16-/m1/s1. The van der Waals surface area contributed by atoms with E-state index in [4.69, 9.17) is 9.47 Å². The van der Waals surface area contributed by atoms with Gasteiger partial charge in [-0.3, -0.25) is 4.90 Å². The van der Waals surface area contributed by atoms with E-state index in [1.807, 2.05) is 0 Å². The van der Waals surface area contributed by atoms with Crippen molar-refractivity contribution in [2.75, 3.05) is 27.3 Å². The van der Waals surface area contributed by atoms with Crippen molar-refractivity contribution in [2.24, 2.45) is 0 Å². The fourth-order valence-electron chi connectivity index (χ4n) is 3.94. The molecule has 0 aromatic heterocycles. The summed E-state index contributed by atoms with van der Waals surface area (Å²) in [6.45, 7) is 5.59. The molecule has 0 unspecified atom stereocenters. The minimum absolute atomic E-state index is 0.632. The highest BCUT2D eigenvalue weighted by Crippen LogP contribution is 2.31. The number of methoxy groups -OCH3 is 2. The Morgan fingerprint density at radius 2 is 1.86 bits per heavy atom. The van der Waals surface area contributed by atoms with Crippen molar-refractivity contribution >= 4 is 0 Å². The van der Waals surface area contributed by atoms with Crippen LogP contribution in [0, 0.1) is 6.92 Å². The number of benzene rings is 1. The van der Waals surface area contributed by atoms with Crippen molar-refractivity contribution in [3.63, 3.8) is 0 Å². The summed E-state index contributed by atoms with van der Waals surface area (Å²) in [6.07, 6.45) is 5.38. The van der Waals surface area contributed by atoms with Gasteiger partial charge in [0, 0.05) is 25.2 Å². The molecule has 3 rings (SSSR count). The van der Waals surface area contributed by atoms with E-state index in [2.05, 4.69) is 29.3 Å². The van der Waals surface area contributed by atoms with E-state index in [0.29, 0.717) is 6.04 Å². The molecule has 2 aliphatic heterocycles. The number of piperidine rings is 1. The first-order valence-electron chi connectivity index (χ1n) is 8.42. The topological polar surface area (TPSA) is 33.7 Å². The third kappa shape index (κ3) is 3.08. The molecule has 4 heteroatoms. The summed E-state index contributed by atoms with van der Waals surface area (Å²) in [4.78, 5) is 2.67. The first kappa shape index (κ1) is 15.6. The summed E-state index contributed by atoms with van der Waals surface area (Å²) in [6, 6.07) is 5.55. The van der Waals surface area contributed by atoms with Crippen LogP contribution in [0.5, 0.6) is 11.5 Å². The molecular weight excluding hydrogens is 276 g/mol. The fourth-order valence-corrected chi connectivity index (χ4v) is 3.94. The maximum atomic E-state index is 5.43. The number of nitrogens with one attached hydrogen (secondary N) is 1. The van der Waals surface area contributed by atoms with Gasteiger partial charge in [0.1, 0.15) is 0 Å². The lowest BCUT2D eigenvalue weighted by Crippen LogP contribution is -2.44. The highest BCUT2D eigenvalue weighted by atomic mass is 16.5. The van der Waals surface area contributed by atoms with E-state index >= 15 is 0 Å². The maximum Gasteiger partial charge on any atom is 0.161 e. The van der Waals surface area contributed by atoms with Gasteiger partial charge >= 0.3 is 0 Å². The predicted octanol–water partition coefficient (Wildman–Crippen LogP) is 2.73. The van der Waals surface area contributed by atoms with E-state index in [0.717, 1.165) is 24.1 Å². The zero-order valence-electron chi connectivity index (χ0n) is 14.0. The lowest BCUT2D eigenvalue weighted by molar-refractivity contribution is 0.180. The van der Waals surface area contributed by atoms with E-state index < -0.39 is 0 Å². The smallest absolute Gasteiger partial charge is 0.161 e. The van der Waals surface area contributed by atoms with Crippen LogP contribution in [-0.2, 0) is 6.54 Å². The van der Waals surface area contributed by atoms with Gasteiger partial charge in [0.2, 0.25) is 0 Å². The Bertz CT molecular complexity index is 518. The van der Waals surface area contributed by atoms with Gasteiger partial charge in [-0.15, -0.1) is 0 Å². The highest BCUT2D eigenvalue weighted by molar-refractivity contribution is 5.47. The van der Waals surface area contributed by atoms with E-state index in [9.17, 15) is 0 Å². The number of hydrogen-bond donors (Lipinski definition) is 1. The molecule has 1 N–H and O–H groups in total. The van der Waals surface area contributed by atoms with E-state index in [1.54, 1.807) is 14.2 Å². The summed E-state index contributed by atoms with van der Waals surface area (Å²) in [7, 11) is 3.38. The Hall–Kier alpha value is -1.26. The quantitative estimate of drug-likeness (QED) is 0.907. The first-order valence-corrected chi connectivity index (χ1v) is 8.42. The molecule has 22 heavy (non-hydrogen) atoms. The van der Waals surface area contributed by atoms with Crippen LogP contribution in [0.3, 0.4) is 0 Å². The summed E-state index contributed by atoms with van der Waals surface area (Å²) in [5.74, 6) is 1.62. The molecular formula is C18H28N2O2. The van der Waals surface area contributed by atoms with Crippen molar-refractivity contribution < 1.29 is 9.47 Å². The molecule has 1 aromatic rings. The third-order valence-corrected chi connectivity index (χ3v) is 5.25. The van der Waals surface area contributed by atoms with Gasteiger partial charge in [-0.25, -0.2) is 0 Å². The minimum atomic E-state index is 0.632. The van der Waals surface area contributed by atoms with Gasteiger partial charge < -0.3 is 14.8 Å². The van der Waals surface area contributed by atoms with Crippen LogP contribution in [0.25, 0.3) is 0 Å². The largest absolute Gasteiger partial charge is 0.493 e. The minimum Gasteiger partial charge on any atom is -0.493 e. The number of fused-ring (bicyclic) bond motifs is 1. The van der Waals surface area contributed by atoms with Gasteiger partial charge in [0.05, 0.1) is 14.2 Å². The lowest BCUT2D eigenvalue weighted by atomic mass is 9.98. The van der Waals surface area contributed by atoms with Gasteiger partial charge in [0.25, 0.3) is 0 Å². The van der Waals surface area contributed by atoms with Gasteiger partial charge in [-0.05, 0) is 56.0 Å². The summed E-state index contributed by atoms with van der Waals surface area (Å²) >= 11 is 0. The lowest BCUT2D eigenvalue weighted by Gasteiger charge is -2.32. The molecule has 2 saturated heterocycles. The number of nitrogens with zero attached hydrogens (tertiary/aromatic N) is 1. The van der Waals surface area contributed by atoms with Crippen molar-refractivity contribution in [3.05, 3.63) is 23.3 Å². The van der Waals surface area contributed by atoms with Crippen LogP contribution in [0.2, 0.25) is 0 Å². The number of ether oxygens (including phenoxy) is 2. The van der Waals surface area contributed by atoms with Gasteiger partial charge in [0.15, 0.2) is 11.5 Å². The molecule has 2 aliphatic rings. The molecule has 0 amide bonds. The second-order valence-electron chi connectivity index (χ2n) is 6.51. The molecule has 4 nitrogen and oxygen atoms in total. The fraction of sp³-hybridized carbons (Fsp3) is 0.667. The van der Waals surface area contributed by atoms with Crippen molar-refractivity contribution in [1.29, 1.82) is 0 Å². The Morgan fingerprint density at radius 1 is 1.09 bits per heavy atom. The monoisotopic (exact) mass is 304 g/mol. The maximum absolute atomic E-state index is 5.43.